The topological polar surface area (TPSA) is 46.5 Å². The van der Waals surface area contributed by atoms with Crippen molar-refractivity contribution in [3.63, 3.8) is 0 Å². The summed E-state index contributed by atoms with van der Waals surface area (Å²) in [6.07, 6.45) is 6.94. The Balaban J connectivity index is 2.14. The van der Waals surface area contributed by atoms with E-state index < -0.39 is 5.97 Å². The number of aliphatic carboxylic acids is 1. The number of hydrogen-bond acceptors (Lipinski definition) is 2. The molecule has 1 aliphatic carbocycles. The van der Waals surface area contributed by atoms with Crippen LogP contribution in [0.25, 0.3) is 0 Å². The summed E-state index contributed by atoms with van der Waals surface area (Å²) >= 11 is 0. The van der Waals surface area contributed by atoms with Crippen LogP contribution in [0.4, 0.5) is 0 Å². The molecular weight excluding hydrogens is 228 g/mol. The number of carboxylic acids is 1. The van der Waals surface area contributed by atoms with Gasteiger partial charge in [0.05, 0.1) is 7.11 Å². The Morgan fingerprint density at radius 3 is 2.72 bits per heavy atom. The molecular formula is C15H16O3. The SMILES string of the molecule is COc1ccc([C@@H]2CC=C/C(=C\C(=O)O)C2)cc1. The summed E-state index contributed by atoms with van der Waals surface area (Å²) in [5.41, 5.74) is 2.09. The highest BCUT2D eigenvalue weighted by Gasteiger charge is 2.15. The average molecular weight is 244 g/mol. The Kier molecular flexibility index (Phi) is 3.82. The van der Waals surface area contributed by atoms with Crippen molar-refractivity contribution in [3.8, 4) is 5.75 Å². The molecule has 94 valence electrons. The summed E-state index contributed by atoms with van der Waals surface area (Å²) in [5.74, 6) is 0.308. The minimum absolute atomic E-state index is 0.353. The second-order valence-electron chi connectivity index (χ2n) is 4.37. The molecule has 1 aromatic carbocycles. The third kappa shape index (κ3) is 3.00. The van der Waals surface area contributed by atoms with E-state index in [2.05, 4.69) is 0 Å². The minimum atomic E-state index is -0.884. The lowest BCUT2D eigenvalue weighted by atomic mass is 9.85. The first-order valence-corrected chi connectivity index (χ1v) is 5.93. The van der Waals surface area contributed by atoms with E-state index in [1.807, 2.05) is 36.4 Å². The number of ether oxygens (including phenoxy) is 1. The fraction of sp³-hybridized carbons (Fsp3) is 0.267. The molecule has 0 bridgehead atoms. The molecule has 3 nitrogen and oxygen atoms in total. The first kappa shape index (κ1) is 12.4. The van der Waals surface area contributed by atoms with Gasteiger partial charge in [-0.15, -0.1) is 0 Å². The van der Waals surface area contributed by atoms with Gasteiger partial charge in [0.1, 0.15) is 5.75 Å². The van der Waals surface area contributed by atoms with E-state index in [9.17, 15) is 4.79 Å². The zero-order valence-corrected chi connectivity index (χ0v) is 10.3. The van der Waals surface area contributed by atoms with Crippen LogP contribution in [0.15, 0.2) is 48.1 Å². The summed E-state index contributed by atoms with van der Waals surface area (Å²) in [6, 6.07) is 7.96. The molecule has 1 aromatic rings. The van der Waals surface area contributed by atoms with Gasteiger partial charge in [-0.2, -0.15) is 0 Å². The Bertz CT molecular complexity index is 483. The minimum Gasteiger partial charge on any atom is -0.497 e. The Morgan fingerprint density at radius 2 is 2.11 bits per heavy atom. The number of carbonyl (C=O) groups is 1. The molecule has 1 N–H and O–H groups in total. The molecule has 0 saturated carbocycles. The maximum atomic E-state index is 10.7. The Morgan fingerprint density at radius 1 is 1.39 bits per heavy atom. The molecule has 0 aromatic heterocycles. The number of benzene rings is 1. The molecule has 1 aliphatic rings. The van der Waals surface area contributed by atoms with Gasteiger partial charge in [0, 0.05) is 6.08 Å². The van der Waals surface area contributed by atoms with Crippen LogP contribution in [-0.2, 0) is 4.79 Å². The lowest BCUT2D eigenvalue weighted by molar-refractivity contribution is -0.131. The standard InChI is InChI=1S/C15H16O3/c1-18-14-7-5-12(6-8-14)13-4-2-3-11(9-13)10-15(16)17/h2-3,5-8,10,13H,4,9H2,1H3,(H,16,17)/b11-10+/t13-/m1/s1. The molecule has 0 saturated heterocycles. The maximum Gasteiger partial charge on any atom is 0.328 e. The molecule has 18 heavy (non-hydrogen) atoms. The quantitative estimate of drug-likeness (QED) is 0.831. The van der Waals surface area contributed by atoms with Gasteiger partial charge in [-0.1, -0.05) is 24.3 Å². The van der Waals surface area contributed by atoms with E-state index in [1.54, 1.807) is 7.11 Å². The van der Waals surface area contributed by atoms with Crippen LogP contribution in [0, 0.1) is 0 Å². The summed E-state index contributed by atoms with van der Waals surface area (Å²) in [7, 11) is 1.64. The summed E-state index contributed by atoms with van der Waals surface area (Å²) in [5, 5.41) is 8.76. The van der Waals surface area contributed by atoms with Gasteiger partial charge in [-0.05, 0) is 42.0 Å². The van der Waals surface area contributed by atoms with Gasteiger partial charge in [-0.3, -0.25) is 0 Å². The van der Waals surface area contributed by atoms with Crippen molar-refractivity contribution >= 4 is 5.97 Å². The van der Waals surface area contributed by atoms with Gasteiger partial charge in [0.15, 0.2) is 0 Å². The first-order valence-electron chi connectivity index (χ1n) is 5.93. The molecule has 0 amide bonds. The summed E-state index contributed by atoms with van der Waals surface area (Å²) in [6.45, 7) is 0. The van der Waals surface area contributed by atoms with Crippen LogP contribution < -0.4 is 4.74 Å². The van der Waals surface area contributed by atoms with Gasteiger partial charge in [-0.25, -0.2) is 4.79 Å². The van der Waals surface area contributed by atoms with Crippen molar-refractivity contribution in [1.82, 2.24) is 0 Å². The number of rotatable bonds is 3. The third-order valence-electron chi connectivity index (χ3n) is 3.13. The van der Waals surface area contributed by atoms with E-state index in [0.29, 0.717) is 5.92 Å². The third-order valence-corrected chi connectivity index (χ3v) is 3.13. The van der Waals surface area contributed by atoms with Crippen molar-refractivity contribution in [1.29, 1.82) is 0 Å². The summed E-state index contributed by atoms with van der Waals surface area (Å²) < 4.78 is 5.13. The molecule has 0 heterocycles. The predicted octanol–water partition coefficient (Wildman–Crippen LogP) is 3.14. The van der Waals surface area contributed by atoms with Gasteiger partial charge in [0.25, 0.3) is 0 Å². The van der Waals surface area contributed by atoms with Crippen LogP contribution in [0.2, 0.25) is 0 Å². The highest BCUT2D eigenvalue weighted by atomic mass is 16.5. The zero-order valence-electron chi connectivity index (χ0n) is 10.3. The molecule has 0 aliphatic heterocycles. The lowest BCUT2D eigenvalue weighted by Gasteiger charge is -2.20. The molecule has 0 fully saturated rings. The van der Waals surface area contributed by atoms with E-state index in [1.165, 1.54) is 11.6 Å². The van der Waals surface area contributed by atoms with Crippen LogP contribution in [0.5, 0.6) is 5.75 Å². The number of carboxylic acid groups (broad SMARTS) is 1. The first-order chi connectivity index (χ1) is 8.69. The predicted molar refractivity (Wildman–Crippen MR) is 69.8 cm³/mol. The van der Waals surface area contributed by atoms with Crippen molar-refractivity contribution in [3.05, 3.63) is 53.6 Å². The van der Waals surface area contributed by atoms with Gasteiger partial charge >= 0.3 is 5.97 Å². The van der Waals surface area contributed by atoms with Crippen LogP contribution in [0.3, 0.4) is 0 Å². The van der Waals surface area contributed by atoms with Crippen molar-refractivity contribution in [2.24, 2.45) is 0 Å². The smallest absolute Gasteiger partial charge is 0.328 e. The summed E-state index contributed by atoms with van der Waals surface area (Å²) in [4.78, 5) is 10.7. The number of allylic oxidation sites excluding steroid dienone is 3. The molecule has 0 radical (unpaired) electrons. The number of methoxy groups -OCH3 is 1. The fourth-order valence-electron chi connectivity index (χ4n) is 2.22. The normalized spacial score (nSPS) is 20.9. The van der Waals surface area contributed by atoms with Crippen LogP contribution >= 0.6 is 0 Å². The monoisotopic (exact) mass is 244 g/mol. The Labute approximate surface area is 106 Å². The van der Waals surface area contributed by atoms with Crippen LogP contribution in [-0.4, -0.2) is 18.2 Å². The van der Waals surface area contributed by atoms with E-state index in [4.69, 9.17) is 9.84 Å². The molecule has 0 spiro atoms. The second-order valence-corrected chi connectivity index (χ2v) is 4.37. The highest BCUT2D eigenvalue weighted by Crippen LogP contribution is 2.32. The molecule has 2 rings (SSSR count). The molecule has 3 heteroatoms. The number of hydrogen-bond donors (Lipinski definition) is 1. The highest BCUT2D eigenvalue weighted by molar-refractivity contribution is 5.81. The molecule has 1 atom stereocenters. The van der Waals surface area contributed by atoms with Crippen molar-refractivity contribution < 1.29 is 14.6 Å². The Hall–Kier alpha value is -2.03. The molecule has 0 unspecified atom stereocenters. The van der Waals surface area contributed by atoms with Crippen LogP contribution in [0.1, 0.15) is 24.3 Å². The van der Waals surface area contributed by atoms with Crippen molar-refractivity contribution in [2.45, 2.75) is 18.8 Å². The zero-order chi connectivity index (χ0) is 13.0. The largest absolute Gasteiger partial charge is 0.497 e. The van der Waals surface area contributed by atoms with Gasteiger partial charge in [0.2, 0.25) is 0 Å². The second kappa shape index (κ2) is 5.54. The maximum absolute atomic E-state index is 10.7. The fourth-order valence-corrected chi connectivity index (χ4v) is 2.22. The van der Waals surface area contributed by atoms with Crippen molar-refractivity contribution in [2.75, 3.05) is 7.11 Å². The van der Waals surface area contributed by atoms with E-state index in [-0.39, 0.29) is 0 Å². The lowest BCUT2D eigenvalue weighted by Crippen LogP contribution is -2.04. The average Bonchev–Trinajstić information content (AvgIpc) is 2.38. The van der Waals surface area contributed by atoms with E-state index >= 15 is 0 Å². The van der Waals surface area contributed by atoms with Gasteiger partial charge < -0.3 is 9.84 Å². The van der Waals surface area contributed by atoms with E-state index in [0.717, 1.165) is 24.2 Å².